The summed E-state index contributed by atoms with van der Waals surface area (Å²) < 4.78 is 5.34. The van der Waals surface area contributed by atoms with Gasteiger partial charge in [-0.1, -0.05) is 0 Å². The van der Waals surface area contributed by atoms with E-state index in [9.17, 15) is 5.11 Å². The first-order valence-corrected chi connectivity index (χ1v) is 7.20. The van der Waals surface area contributed by atoms with Gasteiger partial charge in [0.15, 0.2) is 0 Å². The number of nitrogens with one attached hydrogen (secondary N) is 1. The lowest BCUT2D eigenvalue weighted by Crippen LogP contribution is -1.92. The number of benzene rings is 2. The van der Waals surface area contributed by atoms with Crippen LogP contribution in [0, 0.1) is 6.92 Å². The lowest BCUT2D eigenvalue weighted by atomic mass is 10.0. The SMILES string of the molecule is COc1ccc2[nH]c3c(C)c4ccnc(CO)c4cc3c2c1. The Morgan fingerprint density at radius 1 is 1.09 bits per heavy atom. The summed E-state index contributed by atoms with van der Waals surface area (Å²) in [7, 11) is 1.67. The summed E-state index contributed by atoms with van der Waals surface area (Å²) in [6.45, 7) is 2.03. The third-order valence-electron chi connectivity index (χ3n) is 4.34. The van der Waals surface area contributed by atoms with Gasteiger partial charge in [0.25, 0.3) is 0 Å². The standard InChI is InChI=1S/C18H16N2O2/c1-10-12-5-6-19-17(9-21)14(12)8-15-13-7-11(22-2)3-4-16(13)20-18(10)15/h3-8,20-21H,9H2,1-2H3. The largest absolute Gasteiger partial charge is 0.497 e. The van der Waals surface area contributed by atoms with Crippen LogP contribution < -0.4 is 4.74 Å². The molecule has 0 spiro atoms. The summed E-state index contributed by atoms with van der Waals surface area (Å²) in [6.07, 6.45) is 1.75. The number of H-pyrrole nitrogens is 1. The molecule has 22 heavy (non-hydrogen) atoms. The van der Waals surface area contributed by atoms with Crippen molar-refractivity contribution in [2.24, 2.45) is 0 Å². The number of aliphatic hydroxyl groups is 1. The molecule has 0 bridgehead atoms. The molecule has 0 saturated heterocycles. The van der Waals surface area contributed by atoms with Crippen molar-refractivity contribution >= 4 is 32.6 Å². The fourth-order valence-electron chi connectivity index (χ4n) is 3.17. The highest BCUT2D eigenvalue weighted by molar-refractivity contribution is 6.14. The minimum Gasteiger partial charge on any atom is -0.497 e. The highest BCUT2D eigenvalue weighted by atomic mass is 16.5. The lowest BCUT2D eigenvalue weighted by molar-refractivity contribution is 0.278. The van der Waals surface area contributed by atoms with E-state index in [-0.39, 0.29) is 6.61 Å². The summed E-state index contributed by atoms with van der Waals surface area (Å²) in [6, 6.07) is 10.1. The Hall–Kier alpha value is -2.59. The molecule has 0 aliphatic carbocycles. The molecule has 0 aliphatic rings. The third-order valence-corrected chi connectivity index (χ3v) is 4.34. The molecule has 0 unspecified atom stereocenters. The van der Waals surface area contributed by atoms with Gasteiger partial charge in [-0.05, 0) is 48.2 Å². The molecule has 4 nitrogen and oxygen atoms in total. The van der Waals surface area contributed by atoms with E-state index >= 15 is 0 Å². The second-order valence-electron chi connectivity index (χ2n) is 5.47. The number of aromatic amines is 1. The highest BCUT2D eigenvalue weighted by Gasteiger charge is 2.12. The van der Waals surface area contributed by atoms with Gasteiger partial charge in [0.05, 0.1) is 24.9 Å². The van der Waals surface area contributed by atoms with Crippen LogP contribution in [0.5, 0.6) is 5.75 Å². The second-order valence-corrected chi connectivity index (χ2v) is 5.47. The van der Waals surface area contributed by atoms with E-state index in [1.54, 1.807) is 13.3 Å². The van der Waals surface area contributed by atoms with Crippen LogP contribution >= 0.6 is 0 Å². The zero-order chi connectivity index (χ0) is 15.3. The third kappa shape index (κ3) is 1.71. The summed E-state index contributed by atoms with van der Waals surface area (Å²) in [5.41, 5.74) is 4.07. The van der Waals surface area contributed by atoms with Crippen LogP contribution in [0.1, 0.15) is 11.3 Å². The van der Waals surface area contributed by atoms with E-state index in [2.05, 4.69) is 23.0 Å². The molecule has 2 N–H and O–H groups in total. The predicted molar refractivity (Wildman–Crippen MR) is 88.3 cm³/mol. The Labute approximate surface area is 127 Å². The molecule has 2 aromatic heterocycles. The monoisotopic (exact) mass is 292 g/mol. The molecule has 0 aliphatic heterocycles. The molecule has 4 aromatic rings. The molecule has 4 rings (SSSR count). The van der Waals surface area contributed by atoms with Crippen molar-refractivity contribution in [3.63, 3.8) is 0 Å². The average molecular weight is 292 g/mol. The molecular formula is C18H16N2O2. The van der Waals surface area contributed by atoms with E-state index in [1.165, 1.54) is 5.56 Å². The Morgan fingerprint density at radius 3 is 2.73 bits per heavy atom. The molecular weight excluding hydrogens is 276 g/mol. The molecule has 0 saturated carbocycles. The quantitative estimate of drug-likeness (QED) is 0.592. The van der Waals surface area contributed by atoms with Crippen LogP contribution in [0.3, 0.4) is 0 Å². The van der Waals surface area contributed by atoms with Gasteiger partial charge in [-0.2, -0.15) is 0 Å². The van der Waals surface area contributed by atoms with Crippen molar-refractivity contribution in [1.29, 1.82) is 0 Å². The van der Waals surface area contributed by atoms with Gasteiger partial charge in [-0.3, -0.25) is 4.98 Å². The summed E-state index contributed by atoms with van der Waals surface area (Å²) in [5.74, 6) is 0.833. The van der Waals surface area contributed by atoms with Gasteiger partial charge in [-0.25, -0.2) is 0 Å². The van der Waals surface area contributed by atoms with Crippen molar-refractivity contribution < 1.29 is 9.84 Å². The van der Waals surface area contributed by atoms with Crippen LogP contribution in [0.25, 0.3) is 32.6 Å². The van der Waals surface area contributed by atoms with Crippen molar-refractivity contribution in [2.45, 2.75) is 13.5 Å². The molecule has 2 heterocycles. The van der Waals surface area contributed by atoms with E-state index in [0.29, 0.717) is 5.69 Å². The number of hydrogen-bond acceptors (Lipinski definition) is 3. The topological polar surface area (TPSA) is 58.1 Å². The van der Waals surface area contributed by atoms with Crippen LogP contribution in [-0.4, -0.2) is 22.2 Å². The lowest BCUT2D eigenvalue weighted by Gasteiger charge is -2.07. The first-order valence-electron chi connectivity index (χ1n) is 7.20. The Balaban J connectivity index is 2.21. The number of aryl methyl sites for hydroxylation is 1. The number of rotatable bonds is 2. The first-order chi connectivity index (χ1) is 10.7. The normalized spacial score (nSPS) is 11.6. The summed E-state index contributed by atoms with van der Waals surface area (Å²) in [5, 5.41) is 13.9. The number of methoxy groups -OCH3 is 1. The molecule has 0 radical (unpaired) electrons. The van der Waals surface area contributed by atoms with Gasteiger partial charge >= 0.3 is 0 Å². The number of ether oxygens (including phenoxy) is 1. The zero-order valence-corrected chi connectivity index (χ0v) is 12.5. The average Bonchev–Trinajstić information content (AvgIpc) is 2.93. The van der Waals surface area contributed by atoms with Gasteiger partial charge in [0.1, 0.15) is 5.75 Å². The van der Waals surface area contributed by atoms with Crippen LogP contribution in [0.4, 0.5) is 0 Å². The number of aromatic nitrogens is 2. The predicted octanol–water partition coefficient (Wildman–Crippen LogP) is 3.68. The molecule has 4 heteroatoms. The minimum absolute atomic E-state index is 0.0615. The Bertz CT molecular complexity index is 1020. The van der Waals surface area contributed by atoms with E-state index in [4.69, 9.17) is 4.74 Å². The maximum absolute atomic E-state index is 9.55. The van der Waals surface area contributed by atoms with Gasteiger partial charge in [0.2, 0.25) is 0 Å². The maximum atomic E-state index is 9.55. The number of aliphatic hydroxyl groups excluding tert-OH is 1. The summed E-state index contributed by atoms with van der Waals surface area (Å²) in [4.78, 5) is 7.78. The van der Waals surface area contributed by atoms with Crippen LogP contribution in [0.15, 0.2) is 36.5 Å². The van der Waals surface area contributed by atoms with Crippen LogP contribution in [0.2, 0.25) is 0 Å². The fraction of sp³-hybridized carbons (Fsp3) is 0.167. The number of hydrogen-bond donors (Lipinski definition) is 2. The molecule has 0 fully saturated rings. The summed E-state index contributed by atoms with van der Waals surface area (Å²) >= 11 is 0. The van der Waals surface area contributed by atoms with Gasteiger partial charge in [0, 0.05) is 27.9 Å². The highest BCUT2D eigenvalue weighted by Crippen LogP contribution is 2.35. The van der Waals surface area contributed by atoms with Gasteiger partial charge in [-0.15, -0.1) is 0 Å². The maximum Gasteiger partial charge on any atom is 0.119 e. The number of pyridine rings is 1. The first kappa shape index (κ1) is 13.1. The van der Waals surface area contributed by atoms with Crippen LogP contribution in [-0.2, 0) is 6.61 Å². The zero-order valence-electron chi connectivity index (χ0n) is 12.5. The Kier molecular flexibility index (Phi) is 2.81. The van der Waals surface area contributed by atoms with Crippen molar-refractivity contribution in [2.75, 3.05) is 7.11 Å². The molecule has 110 valence electrons. The Morgan fingerprint density at radius 2 is 1.95 bits per heavy atom. The van der Waals surface area contributed by atoms with E-state index in [0.717, 1.165) is 38.3 Å². The van der Waals surface area contributed by atoms with Gasteiger partial charge < -0.3 is 14.8 Å². The fourth-order valence-corrected chi connectivity index (χ4v) is 3.17. The van der Waals surface area contributed by atoms with Crippen molar-refractivity contribution in [3.05, 3.63) is 47.8 Å². The smallest absolute Gasteiger partial charge is 0.119 e. The molecule has 2 aromatic carbocycles. The number of fused-ring (bicyclic) bond motifs is 4. The molecule has 0 atom stereocenters. The van der Waals surface area contributed by atoms with E-state index in [1.807, 2.05) is 24.3 Å². The molecule has 0 amide bonds. The second kappa shape index (κ2) is 4.71. The minimum atomic E-state index is -0.0615. The van der Waals surface area contributed by atoms with Crippen molar-refractivity contribution in [3.8, 4) is 5.75 Å². The van der Waals surface area contributed by atoms with E-state index < -0.39 is 0 Å². The van der Waals surface area contributed by atoms with Crippen molar-refractivity contribution in [1.82, 2.24) is 9.97 Å². The number of nitrogens with zero attached hydrogens (tertiary/aromatic N) is 1.